The molecule has 0 spiro atoms. The molecule has 38 heavy (non-hydrogen) atoms. The van der Waals surface area contributed by atoms with Gasteiger partial charge in [-0.1, -0.05) is 26.0 Å². The van der Waals surface area contributed by atoms with Crippen LogP contribution in [-0.4, -0.2) is 51.5 Å². The Morgan fingerprint density at radius 1 is 1.16 bits per heavy atom. The maximum absolute atomic E-state index is 12.7. The summed E-state index contributed by atoms with van der Waals surface area (Å²) in [5.41, 5.74) is 8.33. The van der Waals surface area contributed by atoms with Crippen LogP contribution in [0.5, 0.6) is 0 Å². The van der Waals surface area contributed by atoms with Gasteiger partial charge in [0.05, 0.1) is 6.20 Å². The number of piperidine rings is 1. The van der Waals surface area contributed by atoms with E-state index in [4.69, 9.17) is 20.2 Å². The third-order valence-electron chi connectivity index (χ3n) is 6.20. The van der Waals surface area contributed by atoms with Crippen molar-refractivity contribution in [1.29, 1.82) is 0 Å². The number of nitrogens with one attached hydrogen (secondary N) is 2. The van der Waals surface area contributed by atoms with Crippen molar-refractivity contribution in [2.45, 2.75) is 71.6 Å². The maximum atomic E-state index is 12.7. The quantitative estimate of drug-likeness (QED) is 0.396. The number of nitrogen functional groups attached to an aromatic ring is 1. The first-order valence-corrected chi connectivity index (χ1v) is 12.9. The smallest absolute Gasteiger partial charge is 0.413 e. The fourth-order valence-corrected chi connectivity index (χ4v) is 4.32. The van der Waals surface area contributed by atoms with E-state index >= 15 is 0 Å². The molecule has 1 fully saturated rings. The van der Waals surface area contributed by atoms with Gasteiger partial charge < -0.3 is 25.4 Å². The Bertz CT molecular complexity index is 1290. The molecular formula is C27H37N7O4. The highest BCUT2D eigenvalue weighted by atomic mass is 16.6. The summed E-state index contributed by atoms with van der Waals surface area (Å²) in [6.45, 7) is 11.2. The average Bonchev–Trinajstić information content (AvgIpc) is 3.27. The van der Waals surface area contributed by atoms with Crippen molar-refractivity contribution >= 4 is 35.2 Å². The lowest BCUT2D eigenvalue weighted by Gasteiger charge is -2.33. The highest BCUT2D eigenvalue weighted by molar-refractivity contribution is 5.84. The van der Waals surface area contributed by atoms with Gasteiger partial charge in [-0.3, -0.25) is 5.32 Å². The number of aromatic nitrogens is 3. The molecule has 1 aromatic carbocycles. The van der Waals surface area contributed by atoms with Gasteiger partial charge in [-0.2, -0.15) is 9.61 Å². The van der Waals surface area contributed by atoms with Gasteiger partial charge in [0.2, 0.25) is 0 Å². The molecule has 0 radical (unpaired) electrons. The molecule has 2 aromatic heterocycles. The zero-order valence-electron chi connectivity index (χ0n) is 22.7. The molecule has 0 bridgehead atoms. The molecule has 4 rings (SSSR count). The second-order valence-electron chi connectivity index (χ2n) is 10.8. The van der Waals surface area contributed by atoms with Crippen LogP contribution >= 0.6 is 0 Å². The molecule has 0 saturated carbocycles. The molecule has 204 valence electrons. The largest absolute Gasteiger partial charge is 0.444 e. The molecule has 4 N–H and O–H groups in total. The van der Waals surface area contributed by atoms with Gasteiger partial charge in [0, 0.05) is 36.4 Å². The first kappa shape index (κ1) is 27.0. The number of rotatable bonds is 6. The van der Waals surface area contributed by atoms with E-state index in [1.54, 1.807) is 28.9 Å². The minimum Gasteiger partial charge on any atom is -0.444 e. The molecule has 11 heteroatoms. The second kappa shape index (κ2) is 11.2. The number of hydrogen-bond donors (Lipinski definition) is 3. The number of alkyl carbamates (subject to hydrolysis) is 1. The predicted octanol–water partition coefficient (Wildman–Crippen LogP) is 4.68. The maximum Gasteiger partial charge on any atom is 0.413 e. The number of carbonyl (C=O) groups excluding carboxylic acids is 2. The van der Waals surface area contributed by atoms with Gasteiger partial charge in [-0.05, 0) is 57.2 Å². The normalized spacial score (nSPS) is 14.5. The zero-order chi connectivity index (χ0) is 27.4. The summed E-state index contributed by atoms with van der Waals surface area (Å²) in [5, 5.41) is 10.3. The Morgan fingerprint density at radius 3 is 2.55 bits per heavy atom. The average molecular weight is 524 g/mol. The van der Waals surface area contributed by atoms with E-state index in [-0.39, 0.29) is 18.6 Å². The van der Waals surface area contributed by atoms with Gasteiger partial charge in [-0.25, -0.2) is 14.6 Å². The first-order valence-electron chi connectivity index (χ1n) is 12.9. The zero-order valence-corrected chi connectivity index (χ0v) is 22.7. The second-order valence-corrected chi connectivity index (χ2v) is 10.8. The van der Waals surface area contributed by atoms with Gasteiger partial charge in [0.1, 0.15) is 23.8 Å². The Labute approximate surface area is 222 Å². The number of hydrogen-bond acceptors (Lipinski definition) is 8. The SMILES string of the molecule is CC(C)c1cnn2c(NC(=O)OCc3cccc(N)c3)cc(N3CCC(NC(=O)OC(C)(C)C)CC3)nc12. The summed E-state index contributed by atoms with van der Waals surface area (Å²) in [6, 6.07) is 9.02. The summed E-state index contributed by atoms with van der Waals surface area (Å²) in [6.07, 6.45) is 2.25. The van der Waals surface area contributed by atoms with E-state index in [0.717, 1.165) is 29.8 Å². The lowest BCUT2D eigenvalue weighted by atomic mass is 10.1. The monoisotopic (exact) mass is 523 g/mol. The van der Waals surface area contributed by atoms with Crippen molar-refractivity contribution in [2.24, 2.45) is 0 Å². The van der Waals surface area contributed by atoms with E-state index in [1.807, 2.05) is 32.9 Å². The Balaban J connectivity index is 1.48. The van der Waals surface area contributed by atoms with Gasteiger partial charge in [0.15, 0.2) is 5.65 Å². The van der Waals surface area contributed by atoms with E-state index in [0.29, 0.717) is 30.2 Å². The molecule has 1 aliphatic heterocycles. The number of fused-ring (bicyclic) bond motifs is 1. The fraction of sp³-hybridized carbons (Fsp3) is 0.481. The molecule has 0 unspecified atom stereocenters. The van der Waals surface area contributed by atoms with Gasteiger partial charge in [-0.15, -0.1) is 0 Å². The number of benzene rings is 1. The number of ether oxygens (including phenoxy) is 2. The van der Waals surface area contributed by atoms with Crippen LogP contribution < -0.4 is 21.3 Å². The number of anilines is 3. The minimum atomic E-state index is -0.604. The lowest BCUT2D eigenvalue weighted by Crippen LogP contribution is -2.46. The molecule has 3 heterocycles. The fourth-order valence-electron chi connectivity index (χ4n) is 4.32. The van der Waals surface area contributed by atoms with Crippen LogP contribution in [0, 0.1) is 0 Å². The summed E-state index contributed by atoms with van der Waals surface area (Å²) in [4.78, 5) is 31.9. The Hall–Kier alpha value is -4.02. The van der Waals surface area contributed by atoms with E-state index in [2.05, 4.69) is 34.5 Å². The molecule has 2 amide bonds. The molecule has 0 atom stereocenters. The molecule has 11 nitrogen and oxygen atoms in total. The van der Waals surface area contributed by atoms with Crippen LogP contribution in [0.1, 0.15) is 64.5 Å². The van der Waals surface area contributed by atoms with Crippen molar-refractivity contribution in [3.05, 3.63) is 47.7 Å². The predicted molar refractivity (Wildman–Crippen MR) is 146 cm³/mol. The number of nitrogens with zero attached hydrogens (tertiary/aromatic N) is 4. The Kier molecular flexibility index (Phi) is 7.94. The van der Waals surface area contributed by atoms with Crippen LogP contribution in [0.3, 0.4) is 0 Å². The highest BCUT2D eigenvalue weighted by Gasteiger charge is 2.26. The first-order chi connectivity index (χ1) is 18.0. The summed E-state index contributed by atoms with van der Waals surface area (Å²) < 4.78 is 12.4. The van der Waals surface area contributed by atoms with Crippen molar-refractivity contribution in [3.63, 3.8) is 0 Å². The summed E-state index contributed by atoms with van der Waals surface area (Å²) >= 11 is 0. The summed E-state index contributed by atoms with van der Waals surface area (Å²) in [5.74, 6) is 1.38. The lowest BCUT2D eigenvalue weighted by molar-refractivity contribution is 0.0497. The standard InChI is InChI=1S/C27H37N7O4/c1-17(2)21-15-29-34-23(32-25(35)37-16-18-7-6-8-19(28)13-18)14-22(31-24(21)34)33-11-9-20(10-12-33)30-26(36)38-27(3,4)5/h6-8,13-15,17,20H,9-12,16,28H2,1-5H3,(H,30,36)(H,32,35). The van der Waals surface area contributed by atoms with Gasteiger partial charge in [0.25, 0.3) is 0 Å². The third kappa shape index (κ3) is 6.84. The minimum absolute atomic E-state index is 0.0191. The van der Waals surface area contributed by atoms with Crippen LogP contribution in [-0.2, 0) is 16.1 Å². The third-order valence-corrected chi connectivity index (χ3v) is 6.20. The van der Waals surface area contributed by atoms with Gasteiger partial charge >= 0.3 is 12.2 Å². The van der Waals surface area contributed by atoms with Crippen LogP contribution in [0.15, 0.2) is 36.5 Å². The van der Waals surface area contributed by atoms with Crippen LogP contribution in [0.2, 0.25) is 0 Å². The molecule has 1 aliphatic rings. The van der Waals surface area contributed by atoms with Crippen molar-refractivity contribution in [2.75, 3.05) is 29.0 Å². The number of carbonyl (C=O) groups is 2. The van der Waals surface area contributed by atoms with E-state index in [9.17, 15) is 9.59 Å². The van der Waals surface area contributed by atoms with Crippen molar-refractivity contribution in [1.82, 2.24) is 19.9 Å². The van der Waals surface area contributed by atoms with Crippen LogP contribution in [0.4, 0.5) is 26.9 Å². The van der Waals surface area contributed by atoms with Crippen LogP contribution in [0.25, 0.3) is 5.65 Å². The Morgan fingerprint density at radius 2 is 1.89 bits per heavy atom. The highest BCUT2D eigenvalue weighted by Crippen LogP contribution is 2.27. The van der Waals surface area contributed by atoms with E-state index in [1.165, 1.54) is 0 Å². The summed E-state index contributed by atoms with van der Waals surface area (Å²) in [7, 11) is 0. The topological polar surface area (TPSA) is 136 Å². The molecular weight excluding hydrogens is 486 g/mol. The molecule has 1 saturated heterocycles. The number of nitrogens with two attached hydrogens (primary N) is 1. The molecule has 0 aliphatic carbocycles. The van der Waals surface area contributed by atoms with E-state index < -0.39 is 17.8 Å². The van der Waals surface area contributed by atoms with Crippen molar-refractivity contribution < 1.29 is 19.1 Å². The molecule has 3 aromatic rings. The van der Waals surface area contributed by atoms with Crippen molar-refractivity contribution in [3.8, 4) is 0 Å². The number of amides is 2.